The molecule has 1 aliphatic heterocycles. The molecule has 1 unspecified atom stereocenters. The predicted octanol–water partition coefficient (Wildman–Crippen LogP) is 3.88. The number of nitrogens with zero attached hydrogens (tertiary/aromatic N) is 1. The van der Waals surface area contributed by atoms with Crippen molar-refractivity contribution in [2.75, 3.05) is 38.7 Å². The first-order valence-corrected chi connectivity index (χ1v) is 12.9. The Morgan fingerprint density at radius 3 is 2.52 bits per heavy atom. The molecule has 10 nitrogen and oxygen atoms in total. The SMILES string of the molecule is CCOC(=O)c1cc(C)[nH]c1/C=C1\C(=O)Nc2ccc(OCC(C)OCCN(C)C(=O)OC(C)(C)C)cc21.[B][B]. The van der Waals surface area contributed by atoms with E-state index < -0.39 is 17.7 Å². The fraction of sp³-hybridized carbons (Fsp3) is 0.464. The molecule has 0 fully saturated rings. The normalized spacial score (nSPS) is 14.0. The van der Waals surface area contributed by atoms with Gasteiger partial charge < -0.3 is 34.1 Å². The molecule has 4 radical (unpaired) electrons. The molecule has 1 aliphatic rings. The van der Waals surface area contributed by atoms with Gasteiger partial charge in [0.05, 0.1) is 36.1 Å². The van der Waals surface area contributed by atoms with Crippen LogP contribution in [-0.2, 0) is 19.0 Å². The maximum absolute atomic E-state index is 12.7. The van der Waals surface area contributed by atoms with Crippen LogP contribution < -0.4 is 10.1 Å². The largest absolute Gasteiger partial charge is 0.491 e. The van der Waals surface area contributed by atoms with Crippen LogP contribution in [0, 0.1) is 6.92 Å². The summed E-state index contributed by atoms with van der Waals surface area (Å²) in [4.78, 5) is 41.7. The number of hydrogen-bond acceptors (Lipinski definition) is 7. The summed E-state index contributed by atoms with van der Waals surface area (Å²) < 4.78 is 22.2. The van der Waals surface area contributed by atoms with E-state index in [1.807, 2.05) is 34.6 Å². The summed E-state index contributed by atoms with van der Waals surface area (Å²) in [6, 6.07) is 7.02. The third-order valence-electron chi connectivity index (χ3n) is 5.56. The number of aryl methyl sites for hydroxylation is 1. The number of hydrogen-bond donors (Lipinski definition) is 2. The fourth-order valence-electron chi connectivity index (χ4n) is 3.73. The molecular formula is C28H37B2N3O7. The van der Waals surface area contributed by atoms with E-state index in [0.29, 0.717) is 47.0 Å². The lowest BCUT2D eigenvalue weighted by Gasteiger charge is -2.25. The van der Waals surface area contributed by atoms with E-state index in [9.17, 15) is 14.4 Å². The second-order valence-electron chi connectivity index (χ2n) is 10.1. The Morgan fingerprint density at radius 1 is 1.18 bits per heavy atom. The Morgan fingerprint density at radius 2 is 1.88 bits per heavy atom. The third kappa shape index (κ3) is 9.22. The average molecular weight is 549 g/mol. The van der Waals surface area contributed by atoms with Gasteiger partial charge in [-0.15, -0.1) is 0 Å². The van der Waals surface area contributed by atoms with Crippen LogP contribution in [-0.4, -0.2) is 88.4 Å². The van der Waals surface area contributed by atoms with Crippen molar-refractivity contribution in [3.8, 4) is 5.75 Å². The smallest absolute Gasteiger partial charge is 0.410 e. The van der Waals surface area contributed by atoms with Gasteiger partial charge in [-0.25, -0.2) is 9.59 Å². The number of fused-ring (bicyclic) bond motifs is 1. The highest BCUT2D eigenvalue weighted by Crippen LogP contribution is 2.36. The first kappa shape index (κ1) is 32.6. The molecule has 0 spiro atoms. The molecule has 40 heavy (non-hydrogen) atoms. The first-order valence-electron chi connectivity index (χ1n) is 12.9. The van der Waals surface area contributed by atoms with Crippen LogP contribution in [0.2, 0.25) is 0 Å². The van der Waals surface area contributed by atoms with Crippen molar-refractivity contribution < 1.29 is 33.3 Å². The summed E-state index contributed by atoms with van der Waals surface area (Å²) in [5.41, 5.74) is 2.83. The number of aromatic nitrogens is 1. The number of carbonyl (C=O) groups excluding carboxylic acids is 3. The van der Waals surface area contributed by atoms with Gasteiger partial charge in [0.25, 0.3) is 5.91 Å². The predicted molar refractivity (Wildman–Crippen MR) is 156 cm³/mol. The van der Waals surface area contributed by atoms with Crippen molar-refractivity contribution >= 4 is 50.8 Å². The lowest BCUT2D eigenvalue weighted by molar-refractivity contribution is -0.110. The number of nitrogens with one attached hydrogen (secondary N) is 2. The van der Waals surface area contributed by atoms with Gasteiger partial charge in [-0.05, 0) is 71.9 Å². The number of aromatic amines is 1. The second kappa shape index (κ2) is 14.6. The van der Waals surface area contributed by atoms with E-state index in [1.54, 1.807) is 44.3 Å². The third-order valence-corrected chi connectivity index (χ3v) is 5.56. The number of rotatable bonds is 10. The van der Waals surface area contributed by atoms with Gasteiger partial charge in [-0.1, -0.05) is 0 Å². The summed E-state index contributed by atoms with van der Waals surface area (Å²) >= 11 is 0. The van der Waals surface area contributed by atoms with Gasteiger partial charge in [-0.2, -0.15) is 0 Å². The van der Waals surface area contributed by atoms with Crippen LogP contribution >= 0.6 is 0 Å². The van der Waals surface area contributed by atoms with E-state index in [2.05, 4.69) is 25.8 Å². The molecule has 12 heteroatoms. The van der Waals surface area contributed by atoms with Gasteiger partial charge in [0.1, 0.15) is 18.0 Å². The molecule has 1 atom stereocenters. The van der Waals surface area contributed by atoms with Crippen molar-refractivity contribution in [1.29, 1.82) is 0 Å². The number of amides is 2. The van der Waals surface area contributed by atoms with Crippen LogP contribution in [0.1, 0.15) is 61.9 Å². The molecule has 1 aromatic heterocycles. The zero-order valence-electron chi connectivity index (χ0n) is 24.3. The summed E-state index contributed by atoms with van der Waals surface area (Å²) in [5.74, 6) is -0.156. The summed E-state index contributed by atoms with van der Waals surface area (Å²) in [7, 11) is 9.66. The Labute approximate surface area is 238 Å². The number of ether oxygens (including phenoxy) is 4. The van der Waals surface area contributed by atoms with Crippen molar-refractivity contribution in [1.82, 2.24) is 9.88 Å². The molecule has 2 heterocycles. The van der Waals surface area contributed by atoms with Crippen LogP contribution in [0.25, 0.3) is 11.6 Å². The summed E-state index contributed by atoms with van der Waals surface area (Å²) in [6.45, 7) is 12.1. The van der Waals surface area contributed by atoms with Gasteiger partial charge >= 0.3 is 12.1 Å². The first-order chi connectivity index (χ1) is 18.9. The molecule has 0 bridgehead atoms. The molecule has 0 saturated heterocycles. The second-order valence-corrected chi connectivity index (χ2v) is 10.1. The Kier molecular flexibility index (Phi) is 11.9. The van der Waals surface area contributed by atoms with Gasteiger partial charge in [-0.3, -0.25) is 4.79 Å². The minimum Gasteiger partial charge on any atom is -0.491 e. The van der Waals surface area contributed by atoms with Crippen LogP contribution in [0.5, 0.6) is 5.75 Å². The standard InChI is InChI=1S/C28H37N3O7.B2/c1-8-35-26(33)22-13-17(2)29-24(22)15-21-20-14-19(9-10-23(20)30-25(21)32)37-16-18(3)36-12-11-31(7)27(34)38-28(4,5)6;1-2/h9-10,13-15,18,29H,8,11-12,16H2,1-7H3,(H,30,32);/b21-15-;. The molecule has 2 aromatic rings. The maximum atomic E-state index is 12.7. The van der Waals surface area contributed by atoms with Crippen molar-refractivity contribution in [2.45, 2.75) is 53.2 Å². The van der Waals surface area contributed by atoms with Gasteiger partial charge in [0.15, 0.2) is 0 Å². The molecule has 212 valence electrons. The zero-order valence-corrected chi connectivity index (χ0v) is 24.3. The zero-order chi connectivity index (χ0) is 30.0. The van der Waals surface area contributed by atoms with E-state index in [4.69, 9.17) is 18.9 Å². The monoisotopic (exact) mass is 549 g/mol. The van der Waals surface area contributed by atoms with Crippen molar-refractivity contribution in [2.24, 2.45) is 0 Å². The molecule has 0 saturated carbocycles. The summed E-state index contributed by atoms with van der Waals surface area (Å²) in [5, 5.41) is 2.84. The lowest BCUT2D eigenvalue weighted by Crippen LogP contribution is -2.36. The Hall–Kier alpha value is -3.66. The van der Waals surface area contributed by atoms with E-state index in [-0.39, 0.29) is 25.2 Å². The minimum atomic E-state index is -0.554. The molecule has 1 aromatic carbocycles. The number of benzene rings is 1. The summed E-state index contributed by atoms with van der Waals surface area (Å²) in [6.07, 6.45) is 1.01. The topological polar surface area (TPSA) is 119 Å². The van der Waals surface area contributed by atoms with E-state index in [0.717, 1.165) is 5.69 Å². The number of esters is 1. The lowest BCUT2D eigenvalue weighted by atomic mass is 9.81. The van der Waals surface area contributed by atoms with Crippen molar-refractivity contribution in [3.05, 3.63) is 46.8 Å². The Balaban J connectivity index is 0.00000274. The van der Waals surface area contributed by atoms with Crippen LogP contribution in [0.15, 0.2) is 24.3 Å². The van der Waals surface area contributed by atoms with Crippen LogP contribution in [0.4, 0.5) is 10.5 Å². The molecular weight excluding hydrogens is 512 g/mol. The average Bonchev–Trinajstić information content (AvgIpc) is 3.41. The number of carbonyl (C=O) groups is 3. The quantitative estimate of drug-likeness (QED) is 0.262. The van der Waals surface area contributed by atoms with E-state index >= 15 is 0 Å². The minimum absolute atomic E-state index is 0.237. The van der Waals surface area contributed by atoms with Gasteiger partial charge in [0, 0.05) is 46.0 Å². The van der Waals surface area contributed by atoms with E-state index in [1.165, 1.54) is 4.90 Å². The maximum Gasteiger partial charge on any atom is 0.410 e. The van der Waals surface area contributed by atoms with Gasteiger partial charge in [0.2, 0.25) is 0 Å². The Bertz CT molecular complexity index is 1220. The highest BCUT2D eigenvalue weighted by Gasteiger charge is 2.26. The van der Waals surface area contributed by atoms with Crippen molar-refractivity contribution in [3.63, 3.8) is 0 Å². The molecule has 3 rings (SSSR count). The molecule has 2 amide bonds. The number of H-pyrrole nitrogens is 1. The fourth-order valence-corrected chi connectivity index (χ4v) is 3.73. The highest BCUT2D eigenvalue weighted by atomic mass is 16.6. The molecule has 2 N–H and O–H groups in total. The van der Waals surface area contributed by atoms with Crippen LogP contribution in [0.3, 0.4) is 0 Å². The number of likely N-dealkylation sites (N-methyl/N-ethyl adjacent to an activating group) is 1. The molecule has 0 aliphatic carbocycles. The number of anilines is 1. The highest BCUT2D eigenvalue weighted by molar-refractivity contribution is 6.75.